The highest BCUT2D eigenvalue weighted by Crippen LogP contribution is 2.38. The molecule has 3 amide bonds. The summed E-state index contributed by atoms with van der Waals surface area (Å²) < 4.78 is 6.15. The van der Waals surface area contributed by atoms with E-state index in [9.17, 15) is 19.6 Å². The number of nitrogens with zero attached hydrogens (tertiary/aromatic N) is 2. The Labute approximate surface area is 314 Å². The first-order valence-electron chi connectivity index (χ1n) is 19.6. The number of piperidine rings is 1. The Morgan fingerprint density at radius 2 is 1.63 bits per heavy atom. The predicted molar refractivity (Wildman–Crippen MR) is 208 cm³/mol. The highest BCUT2D eigenvalue weighted by Gasteiger charge is 2.46. The van der Waals surface area contributed by atoms with E-state index in [1.54, 1.807) is 4.90 Å². The summed E-state index contributed by atoms with van der Waals surface area (Å²) >= 11 is 0. The maximum atomic E-state index is 14.1. The summed E-state index contributed by atoms with van der Waals surface area (Å²) in [4.78, 5) is 43.0. The summed E-state index contributed by atoms with van der Waals surface area (Å²) in [6.45, 7) is 23.6. The van der Waals surface area contributed by atoms with E-state index in [1.807, 2.05) is 78.0 Å². The second kappa shape index (κ2) is 19.6. The van der Waals surface area contributed by atoms with Crippen LogP contribution in [0.1, 0.15) is 119 Å². The second-order valence-electron chi connectivity index (χ2n) is 17.1. The molecule has 292 valence electrons. The third-order valence-electron chi connectivity index (χ3n) is 10.2. The summed E-state index contributed by atoms with van der Waals surface area (Å²) in [5.41, 5.74) is 0.244. The fourth-order valence-electron chi connectivity index (χ4n) is 7.90. The lowest BCUT2D eigenvalue weighted by atomic mass is 9.80. The molecule has 4 N–H and O–H groups in total. The molecule has 10 heteroatoms. The van der Waals surface area contributed by atoms with Gasteiger partial charge in [-0.2, -0.15) is 5.06 Å². The maximum absolute atomic E-state index is 14.1. The molecule has 1 aromatic carbocycles. The number of allylic oxidation sites excluding steroid dienone is 1. The highest BCUT2D eigenvalue weighted by molar-refractivity contribution is 5.93. The fraction of sp³-hybridized carbons (Fsp3) is 0.690. The number of rotatable bonds is 19. The van der Waals surface area contributed by atoms with Crippen LogP contribution in [0.25, 0.3) is 0 Å². The Bertz CT molecular complexity index is 1330. The zero-order chi connectivity index (χ0) is 38.6. The molecule has 0 unspecified atom stereocenters. The maximum Gasteiger partial charge on any atom is 0.243 e. The molecule has 2 saturated heterocycles. The first-order valence-corrected chi connectivity index (χ1v) is 19.6. The van der Waals surface area contributed by atoms with Crippen LogP contribution in [-0.2, 0) is 25.5 Å². The van der Waals surface area contributed by atoms with Crippen molar-refractivity contribution in [1.82, 2.24) is 25.9 Å². The minimum Gasteiger partial charge on any atom is -0.476 e. The fourth-order valence-corrected chi connectivity index (χ4v) is 7.90. The van der Waals surface area contributed by atoms with Crippen molar-refractivity contribution in [3.63, 3.8) is 0 Å². The van der Waals surface area contributed by atoms with Gasteiger partial charge in [-0.3, -0.25) is 14.4 Å². The molecule has 52 heavy (non-hydrogen) atoms. The van der Waals surface area contributed by atoms with Crippen LogP contribution in [0.15, 0.2) is 54.9 Å². The quantitative estimate of drug-likeness (QED) is 0.0709. The molecule has 2 heterocycles. The SMILES string of the molecule is C=C(NCCCC[C@H](NC(=O)[C@@H]1CCCN1C(=O)[C@H](/C=C/[C@@H](C)CC(C)C)Cc1ccccc1)C(=O)NC(C)C)OC1CC(C)(C)N(O)C(C)(C)C1. The van der Waals surface area contributed by atoms with Gasteiger partial charge in [0.05, 0.1) is 5.92 Å². The lowest BCUT2D eigenvalue weighted by molar-refractivity contribution is -0.258. The van der Waals surface area contributed by atoms with E-state index >= 15 is 0 Å². The lowest BCUT2D eigenvalue weighted by Crippen LogP contribution is -2.60. The van der Waals surface area contributed by atoms with Gasteiger partial charge < -0.3 is 30.8 Å². The summed E-state index contributed by atoms with van der Waals surface area (Å²) in [5, 5.41) is 21.3. The number of ether oxygens (including phenoxy) is 1. The number of amides is 3. The minimum absolute atomic E-state index is 0.0414. The number of unbranched alkanes of at least 4 members (excludes halogenated alkanes) is 1. The Kier molecular flexibility index (Phi) is 16.2. The number of hydrogen-bond acceptors (Lipinski definition) is 7. The van der Waals surface area contributed by atoms with Gasteiger partial charge in [0.1, 0.15) is 18.2 Å². The molecule has 2 aliphatic rings. The van der Waals surface area contributed by atoms with Gasteiger partial charge in [-0.1, -0.05) is 63.3 Å². The van der Waals surface area contributed by atoms with E-state index in [0.717, 1.165) is 24.8 Å². The van der Waals surface area contributed by atoms with E-state index in [-0.39, 0.29) is 35.8 Å². The third-order valence-corrected chi connectivity index (χ3v) is 10.2. The van der Waals surface area contributed by atoms with E-state index in [0.29, 0.717) is 69.3 Å². The number of carbonyl (C=O) groups is 3. The molecule has 1 aromatic rings. The van der Waals surface area contributed by atoms with Crippen molar-refractivity contribution < 1.29 is 24.3 Å². The predicted octanol–water partition coefficient (Wildman–Crippen LogP) is 6.74. The van der Waals surface area contributed by atoms with Crippen LogP contribution in [0, 0.1) is 17.8 Å². The van der Waals surface area contributed by atoms with Crippen molar-refractivity contribution in [3.05, 3.63) is 60.5 Å². The molecule has 0 saturated carbocycles. The van der Waals surface area contributed by atoms with Crippen molar-refractivity contribution in [1.29, 1.82) is 0 Å². The first-order chi connectivity index (χ1) is 24.4. The average molecular weight is 724 g/mol. The van der Waals surface area contributed by atoms with Gasteiger partial charge in [-0.05, 0) is 110 Å². The normalized spacial score (nSPS) is 20.8. The zero-order valence-electron chi connectivity index (χ0n) is 33.5. The van der Waals surface area contributed by atoms with Crippen LogP contribution in [0.2, 0.25) is 0 Å². The Balaban J connectivity index is 1.60. The van der Waals surface area contributed by atoms with Crippen molar-refractivity contribution in [2.45, 2.75) is 155 Å². The third kappa shape index (κ3) is 13.2. The number of hydrogen-bond donors (Lipinski definition) is 4. The Morgan fingerprint density at radius 3 is 2.25 bits per heavy atom. The smallest absolute Gasteiger partial charge is 0.243 e. The summed E-state index contributed by atoms with van der Waals surface area (Å²) in [6.07, 6.45) is 10.3. The van der Waals surface area contributed by atoms with E-state index in [2.05, 4.69) is 49.4 Å². The largest absolute Gasteiger partial charge is 0.476 e. The minimum atomic E-state index is -0.711. The van der Waals surface area contributed by atoms with Crippen LogP contribution in [0.5, 0.6) is 0 Å². The van der Waals surface area contributed by atoms with Crippen LogP contribution in [-0.4, -0.2) is 81.3 Å². The lowest BCUT2D eigenvalue weighted by Gasteiger charge is -2.51. The number of benzene rings is 1. The number of carbonyl (C=O) groups excluding carboxylic acids is 3. The first kappa shape index (κ1) is 43.0. The van der Waals surface area contributed by atoms with Gasteiger partial charge in [-0.25, -0.2) is 0 Å². The van der Waals surface area contributed by atoms with Crippen LogP contribution in [0.3, 0.4) is 0 Å². The molecule has 2 fully saturated rings. The van der Waals surface area contributed by atoms with E-state index in [4.69, 9.17) is 4.74 Å². The topological polar surface area (TPSA) is 123 Å². The standard InChI is InChI=1S/C42H69N5O5/c1-29(2)25-31(5)21-22-34(26-33-17-12-11-13-18-33)40(50)46-24-16-20-37(46)39(49)45-36(38(48)44-30(3)4)19-14-15-23-43-32(6)52-35-27-41(7,8)47(51)42(9,10)28-35/h11-13,17-18,21-22,29-31,34-37,43,51H,6,14-16,19-20,23-28H2,1-5,7-10H3,(H,44,48)(H,45,49)/b22-21+/t31-,34-,36+,37+/m1/s1. The van der Waals surface area contributed by atoms with E-state index in [1.165, 1.54) is 5.06 Å². The van der Waals surface area contributed by atoms with Crippen LogP contribution in [0.4, 0.5) is 0 Å². The number of nitrogens with one attached hydrogen (secondary N) is 3. The second-order valence-corrected chi connectivity index (χ2v) is 17.1. The van der Waals surface area contributed by atoms with Gasteiger partial charge in [0.15, 0.2) is 5.88 Å². The summed E-state index contributed by atoms with van der Waals surface area (Å²) in [5.74, 6) is 0.482. The number of hydroxylamine groups is 2. The van der Waals surface area contributed by atoms with Gasteiger partial charge in [0.25, 0.3) is 0 Å². The zero-order valence-corrected chi connectivity index (χ0v) is 33.5. The molecule has 2 aliphatic heterocycles. The molecule has 10 nitrogen and oxygen atoms in total. The molecular weight excluding hydrogens is 654 g/mol. The molecule has 0 radical (unpaired) electrons. The van der Waals surface area contributed by atoms with Crippen molar-refractivity contribution in [2.75, 3.05) is 13.1 Å². The van der Waals surface area contributed by atoms with Crippen LogP contribution < -0.4 is 16.0 Å². The average Bonchev–Trinajstić information content (AvgIpc) is 3.54. The Hall–Kier alpha value is -3.37. The van der Waals surface area contributed by atoms with Crippen molar-refractivity contribution in [2.24, 2.45) is 17.8 Å². The van der Waals surface area contributed by atoms with Gasteiger partial charge in [0.2, 0.25) is 17.7 Å². The molecular formula is C42H69N5O5. The van der Waals surface area contributed by atoms with Crippen LogP contribution >= 0.6 is 0 Å². The van der Waals surface area contributed by atoms with Crippen molar-refractivity contribution >= 4 is 17.7 Å². The van der Waals surface area contributed by atoms with Gasteiger partial charge >= 0.3 is 0 Å². The Morgan fingerprint density at radius 1 is 0.981 bits per heavy atom. The molecule has 0 aliphatic carbocycles. The summed E-state index contributed by atoms with van der Waals surface area (Å²) in [7, 11) is 0. The van der Waals surface area contributed by atoms with Crippen molar-refractivity contribution in [3.8, 4) is 0 Å². The van der Waals surface area contributed by atoms with E-state index < -0.39 is 23.2 Å². The molecule has 4 atom stereocenters. The molecule has 0 bridgehead atoms. The number of likely N-dealkylation sites (tertiary alicyclic amines) is 1. The molecule has 3 rings (SSSR count). The molecule has 0 aromatic heterocycles. The highest BCUT2D eigenvalue weighted by atomic mass is 16.5. The monoisotopic (exact) mass is 724 g/mol. The van der Waals surface area contributed by atoms with Gasteiger partial charge in [0, 0.05) is 43.1 Å². The van der Waals surface area contributed by atoms with Gasteiger partial charge in [-0.15, -0.1) is 0 Å². The summed E-state index contributed by atoms with van der Waals surface area (Å²) in [6, 6.07) is 8.63. The molecule has 0 spiro atoms.